The van der Waals surface area contributed by atoms with E-state index in [1.54, 1.807) is 0 Å². The lowest BCUT2D eigenvalue weighted by Gasteiger charge is -2.44. The Bertz CT molecular complexity index is 234. The van der Waals surface area contributed by atoms with Crippen LogP contribution in [0.4, 0.5) is 0 Å². The van der Waals surface area contributed by atoms with Crippen LogP contribution in [0.5, 0.6) is 0 Å². The molecular formula is C12H23N3O2. The van der Waals surface area contributed by atoms with Crippen molar-refractivity contribution in [1.82, 2.24) is 15.1 Å². The first kappa shape index (κ1) is 11.9. The standard InChI is InChI=1S/C12H23N3O2/c1-6-16-10-17-12(1)9-14-2-4-15(5-3-14)11-7-13-8-11/h11-13H,1-10H2. The van der Waals surface area contributed by atoms with Gasteiger partial charge in [-0.3, -0.25) is 9.80 Å². The Labute approximate surface area is 103 Å². The molecule has 0 saturated carbocycles. The number of hydrogen-bond donors (Lipinski definition) is 1. The number of nitrogens with zero attached hydrogens (tertiary/aromatic N) is 2. The van der Waals surface area contributed by atoms with Crippen LogP contribution in [0.25, 0.3) is 0 Å². The van der Waals surface area contributed by atoms with Gasteiger partial charge in [0.2, 0.25) is 0 Å². The summed E-state index contributed by atoms with van der Waals surface area (Å²) in [5.74, 6) is 0. The van der Waals surface area contributed by atoms with Crippen LogP contribution in [0.15, 0.2) is 0 Å². The molecule has 5 heteroatoms. The second-order valence-electron chi connectivity index (χ2n) is 5.25. The predicted octanol–water partition coefficient (Wildman–Crippen LogP) is -0.661. The van der Waals surface area contributed by atoms with Crippen LogP contribution in [0, 0.1) is 0 Å². The van der Waals surface area contributed by atoms with E-state index in [1.807, 2.05) is 0 Å². The van der Waals surface area contributed by atoms with Crippen LogP contribution >= 0.6 is 0 Å². The van der Waals surface area contributed by atoms with Gasteiger partial charge in [0.05, 0.1) is 12.7 Å². The molecule has 0 aliphatic carbocycles. The zero-order valence-corrected chi connectivity index (χ0v) is 10.4. The highest BCUT2D eigenvalue weighted by Gasteiger charge is 2.28. The molecule has 3 aliphatic rings. The molecule has 1 N–H and O–H groups in total. The molecule has 3 aliphatic heterocycles. The molecule has 0 spiro atoms. The average Bonchev–Trinajstić information content (AvgIpc) is 2.31. The van der Waals surface area contributed by atoms with Crippen molar-refractivity contribution in [2.75, 3.05) is 59.2 Å². The van der Waals surface area contributed by atoms with Crippen molar-refractivity contribution in [1.29, 1.82) is 0 Å². The van der Waals surface area contributed by atoms with Crippen molar-refractivity contribution >= 4 is 0 Å². The molecular weight excluding hydrogens is 218 g/mol. The van der Waals surface area contributed by atoms with Gasteiger partial charge in [-0.2, -0.15) is 0 Å². The fourth-order valence-corrected chi connectivity index (χ4v) is 2.78. The summed E-state index contributed by atoms with van der Waals surface area (Å²) in [5, 5.41) is 3.35. The van der Waals surface area contributed by atoms with Gasteiger partial charge in [-0.25, -0.2) is 0 Å². The molecule has 1 atom stereocenters. The number of rotatable bonds is 3. The topological polar surface area (TPSA) is 37.0 Å². The summed E-state index contributed by atoms with van der Waals surface area (Å²) in [6.07, 6.45) is 1.44. The maximum atomic E-state index is 5.60. The maximum Gasteiger partial charge on any atom is 0.147 e. The molecule has 0 amide bonds. The smallest absolute Gasteiger partial charge is 0.147 e. The normalized spacial score (nSPS) is 33.5. The minimum atomic E-state index is 0.390. The van der Waals surface area contributed by atoms with E-state index in [0.717, 1.165) is 25.6 Å². The maximum absolute atomic E-state index is 5.60. The minimum absolute atomic E-state index is 0.390. The van der Waals surface area contributed by atoms with Gasteiger partial charge < -0.3 is 14.8 Å². The van der Waals surface area contributed by atoms with Crippen LogP contribution in [0.2, 0.25) is 0 Å². The Kier molecular flexibility index (Phi) is 3.93. The fourth-order valence-electron chi connectivity index (χ4n) is 2.78. The number of hydrogen-bond acceptors (Lipinski definition) is 5. The third-order valence-corrected chi connectivity index (χ3v) is 4.12. The first-order valence-electron chi connectivity index (χ1n) is 6.78. The van der Waals surface area contributed by atoms with Crippen molar-refractivity contribution in [3.8, 4) is 0 Å². The van der Waals surface area contributed by atoms with Crippen molar-refractivity contribution in [2.24, 2.45) is 0 Å². The van der Waals surface area contributed by atoms with Gasteiger partial charge in [-0.05, 0) is 6.42 Å². The third-order valence-electron chi connectivity index (χ3n) is 4.12. The predicted molar refractivity (Wildman–Crippen MR) is 65.0 cm³/mol. The number of ether oxygens (including phenoxy) is 2. The highest BCUT2D eigenvalue weighted by atomic mass is 16.7. The zero-order chi connectivity index (χ0) is 11.5. The van der Waals surface area contributed by atoms with Gasteiger partial charge in [0.15, 0.2) is 0 Å². The van der Waals surface area contributed by atoms with Gasteiger partial charge >= 0.3 is 0 Å². The molecule has 98 valence electrons. The van der Waals surface area contributed by atoms with Crippen LogP contribution < -0.4 is 5.32 Å². The second-order valence-corrected chi connectivity index (χ2v) is 5.25. The van der Waals surface area contributed by atoms with Crippen molar-refractivity contribution in [3.63, 3.8) is 0 Å². The van der Waals surface area contributed by atoms with E-state index in [4.69, 9.17) is 9.47 Å². The summed E-state index contributed by atoms with van der Waals surface area (Å²) in [5.41, 5.74) is 0. The Morgan fingerprint density at radius 1 is 1.12 bits per heavy atom. The van der Waals surface area contributed by atoms with E-state index in [2.05, 4.69) is 15.1 Å². The molecule has 0 aromatic rings. The van der Waals surface area contributed by atoms with Crippen LogP contribution in [0.3, 0.4) is 0 Å². The molecule has 3 rings (SSSR count). The van der Waals surface area contributed by atoms with Crippen molar-refractivity contribution in [3.05, 3.63) is 0 Å². The van der Waals surface area contributed by atoms with Gasteiger partial charge in [0, 0.05) is 51.9 Å². The third kappa shape index (κ3) is 2.98. The number of piperazine rings is 1. The van der Waals surface area contributed by atoms with Gasteiger partial charge in [0.1, 0.15) is 6.79 Å². The second kappa shape index (κ2) is 5.63. The van der Waals surface area contributed by atoms with Gasteiger partial charge in [-0.15, -0.1) is 0 Å². The minimum Gasteiger partial charge on any atom is -0.355 e. The lowest BCUT2D eigenvalue weighted by Crippen LogP contribution is -2.62. The molecule has 1 unspecified atom stereocenters. The molecule has 3 heterocycles. The molecule has 0 radical (unpaired) electrons. The average molecular weight is 241 g/mol. The highest BCUT2D eigenvalue weighted by Crippen LogP contribution is 2.13. The monoisotopic (exact) mass is 241 g/mol. The van der Waals surface area contributed by atoms with Gasteiger partial charge in [0.25, 0.3) is 0 Å². The molecule has 3 fully saturated rings. The van der Waals surface area contributed by atoms with E-state index in [9.17, 15) is 0 Å². The van der Waals surface area contributed by atoms with Crippen LogP contribution in [0.1, 0.15) is 6.42 Å². The summed E-state index contributed by atoms with van der Waals surface area (Å²) in [7, 11) is 0. The molecule has 5 nitrogen and oxygen atoms in total. The molecule has 0 aromatic carbocycles. The summed E-state index contributed by atoms with van der Waals surface area (Å²) in [6.45, 7) is 9.61. The summed E-state index contributed by atoms with van der Waals surface area (Å²) < 4.78 is 10.8. The SMILES string of the molecule is C1CC(CN2CCN(C3CNC3)CC2)OCO1. The van der Waals surface area contributed by atoms with Crippen molar-refractivity contribution in [2.45, 2.75) is 18.6 Å². The molecule has 0 aromatic heterocycles. The van der Waals surface area contributed by atoms with E-state index in [-0.39, 0.29) is 0 Å². The fraction of sp³-hybridized carbons (Fsp3) is 1.00. The first-order chi connectivity index (χ1) is 8.42. The van der Waals surface area contributed by atoms with Crippen molar-refractivity contribution < 1.29 is 9.47 Å². The quantitative estimate of drug-likeness (QED) is 0.710. The zero-order valence-electron chi connectivity index (χ0n) is 10.4. The number of nitrogens with one attached hydrogen (secondary N) is 1. The van der Waals surface area contributed by atoms with E-state index < -0.39 is 0 Å². The Balaban J connectivity index is 1.38. The first-order valence-corrected chi connectivity index (χ1v) is 6.78. The van der Waals surface area contributed by atoms with E-state index >= 15 is 0 Å². The Hall–Kier alpha value is -0.200. The molecule has 17 heavy (non-hydrogen) atoms. The van der Waals surface area contributed by atoms with Crippen LogP contribution in [-0.4, -0.2) is 81.2 Å². The van der Waals surface area contributed by atoms with E-state index in [0.29, 0.717) is 12.9 Å². The largest absolute Gasteiger partial charge is 0.355 e. The molecule has 0 bridgehead atoms. The van der Waals surface area contributed by atoms with Crippen LogP contribution in [-0.2, 0) is 9.47 Å². The summed E-state index contributed by atoms with van der Waals surface area (Å²) in [6, 6.07) is 0.802. The van der Waals surface area contributed by atoms with E-state index in [1.165, 1.54) is 39.3 Å². The lowest BCUT2D eigenvalue weighted by atomic mass is 10.1. The summed E-state index contributed by atoms with van der Waals surface area (Å²) in [4.78, 5) is 5.16. The Morgan fingerprint density at radius 2 is 1.94 bits per heavy atom. The van der Waals surface area contributed by atoms with Gasteiger partial charge in [-0.1, -0.05) is 0 Å². The highest BCUT2D eigenvalue weighted by molar-refractivity contribution is 4.87. The Morgan fingerprint density at radius 3 is 2.53 bits per heavy atom. The molecule has 3 saturated heterocycles. The lowest BCUT2D eigenvalue weighted by molar-refractivity contribution is -0.146. The summed E-state index contributed by atoms with van der Waals surface area (Å²) >= 11 is 0.